The van der Waals surface area contributed by atoms with Gasteiger partial charge in [-0.25, -0.2) is 4.98 Å². The van der Waals surface area contributed by atoms with E-state index in [2.05, 4.69) is 24.2 Å². The van der Waals surface area contributed by atoms with Crippen LogP contribution in [0.5, 0.6) is 0 Å². The van der Waals surface area contributed by atoms with E-state index in [-0.39, 0.29) is 5.54 Å². The number of hydrogen-bond acceptors (Lipinski definition) is 3. The number of rotatable bonds is 3. The predicted octanol–water partition coefficient (Wildman–Crippen LogP) is 2.69. The van der Waals surface area contributed by atoms with Crippen LogP contribution in [-0.2, 0) is 6.42 Å². The molecule has 0 radical (unpaired) electrons. The van der Waals surface area contributed by atoms with E-state index in [9.17, 15) is 0 Å². The lowest BCUT2D eigenvalue weighted by molar-refractivity contribution is 0.411. The summed E-state index contributed by atoms with van der Waals surface area (Å²) in [5.74, 6) is 0.751. The molecule has 0 aliphatic heterocycles. The number of thiazole rings is 1. The highest BCUT2D eigenvalue weighted by atomic mass is 32.1. The van der Waals surface area contributed by atoms with Crippen LogP contribution in [0, 0.1) is 0 Å². The Labute approximate surface area is 89.5 Å². The Balaban J connectivity index is 2.02. The molecule has 1 aromatic heterocycles. The van der Waals surface area contributed by atoms with Crippen LogP contribution >= 0.6 is 11.3 Å². The van der Waals surface area contributed by atoms with Crippen LogP contribution in [0.3, 0.4) is 0 Å². The second-order valence-electron chi connectivity index (χ2n) is 4.96. The minimum Gasteiger partial charge on any atom is -0.325 e. The maximum atomic E-state index is 5.97. The lowest BCUT2D eigenvalue weighted by Gasteiger charge is -2.23. The summed E-state index contributed by atoms with van der Waals surface area (Å²) in [6.07, 6.45) is 4.93. The molecule has 1 aliphatic rings. The smallest absolute Gasteiger partial charge is 0.0946 e. The van der Waals surface area contributed by atoms with Crippen LogP contribution in [0.2, 0.25) is 0 Å². The highest BCUT2D eigenvalue weighted by molar-refractivity contribution is 7.09. The van der Waals surface area contributed by atoms with Gasteiger partial charge in [-0.05, 0) is 26.7 Å². The van der Waals surface area contributed by atoms with Gasteiger partial charge < -0.3 is 5.73 Å². The average molecular weight is 210 g/mol. The number of hydrogen-bond donors (Lipinski definition) is 1. The molecule has 1 heterocycles. The Morgan fingerprint density at radius 2 is 2.29 bits per heavy atom. The van der Waals surface area contributed by atoms with Gasteiger partial charge in [0.15, 0.2) is 0 Å². The van der Waals surface area contributed by atoms with Crippen molar-refractivity contribution in [3.05, 3.63) is 16.1 Å². The van der Waals surface area contributed by atoms with E-state index >= 15 is 0 Å². The van der Waals surface area contributed by atoms with Crippen molar-refractivity contribution in [1.29, 1.82) is 0 Å². The minimum absolute atomic E-state index is 0.130. The zero-order valence-corrected chi connectivity index (χ0v) is 9.73. The van der Waals surface area contributed by atoms with Crippen molar-refractivity contribution in [3.8, 4) is 0 Å². The van der Waals surface area contributed by atoms with E-state index in [1.807, 2.05) is 0 Å². The van der Waals surface area contributed by atoms with E-state index in [1.165, 1.54) is 30.0 Å². The number of aromatic nitrogens is 1. The Kier molecular flexibility index (Phi) is 2.62. The van der Waals surface area contributed by atoms with Crippen LogP contribution < -0.4 is 5.73 Å². The van der Waals surface area contributed by atoms with E-state index in [4.69, 9.17) is 5.73 Å². The average Bonchev–Trinajstić information content (AvgIpc) is 2.28. The fourth-order valence-electron chi connectivity index (χ4n) is 1.69. The molecule has 2 N–H and O–H groups in total. The van der Waals surface area contributed by atoms with Crippen molar-refractivity contribution in [3.63, 3.8) is 0 Å². The number of nitrogens with two attached hydrogens (primary N) is 1. The van der Waals surface area contributed by atoms with E-state index in [0.717, 1.165) is 12.3 Å². The molecule has 0 unspecified atom stereocenters. The zero-order chi connectivity index (χ0) is 10.2. The fraction of sp³-hybridized carbons (Fsp3) is 0.727. The van der Waals surface area contributed by atoms with Gasteiger partial charge >= 0.3 is 0 Å². The molecule has 0 atom stereocenters. The first kappa shape index (κ1) is 10.1. The van der Waals surface area contributed by atoms with Gasteiger partial charge in [0.1, 0.15) is 0 Å². The van der Waals surface area contributed by atoms with Crippen LogP contribution in [-0.4, -0.2) is 10.5 Å². The maximum absolute atomic E-state index is 5.97. The van der Waals surface area contributed by atoms with Gasteiger partial charge in [0.25, 0.3) is 0 Å². The van der Waals surface area contributed by atoms with Gasteiger partial charge in [-0.15, -0.1) is 11.3 Å². The Hall–Kier alpha value is -0.410. The van der Waals surface area contributed by atoms with Crippen molar-refractivity contribution < 1.29 is 0 Å². The highest BCUT2D eigenvalue weighted by Gasteiger charge is 2.23. The standard InChI is InChI=1S/C11H18N2S/c1-11(2,12)6-10-13-9(7-14-10)8-4-3-5-8/h7-8H,3-6,12H2,1-2H3. The highest BCUT2D eigenvalue weighted by Crippen LogP contribution is 2.36. The molecule has 78 valence electrons. The largest absolute Gasteiger partial charge is 0.325 e. The van der Waals surface area contributed by atoms with Crippen LogP contribution in [0.4, 0.5) is 0 Å². The lowest BCUT2D eigenvalue weighted by Crippen LogP contribution is -2.34. The van der Waals surface area contributed by atoms with Gasteiger partial charge in [-0.2, -0.15) is 0 Å². The molecular weight excluding hydrogens is 192 g/mol. The van der Waals surface area contributed by atoms with Crippen LogP contribution in [0.1, 0.15) is 49.7 Å². The SMILES string of the molecule is CC(C)(N)Cc1nc(C2CCC2)cs1. The normalized spacial score (nSPS) is 18.2. The third-order valence-electron chi connectivity index (χ3n) is 2.70. The molecule has 1 fully saturated rings. The lowest BCUT2D eigenvalue weighted by atomic mass is 9.83. The monoisotopic (exact) mass is 210 g/mol. The quantitative estimate of drug-likeness (QED) is 0.833. The summed E-state index contributed by atoms with van der Waals surface area (Å²) in [7, 11) is 0. The summed E-state index contributed by atoms with van der Waals surface area (Å²) >= 11 is 1.76. The van der Waals surface area contributed by atoms with Crippen molar-refractivity contribution in [2.75, 3.05) is 0 Å². The molecule has 14 heavy (non-hydrogen) atoms. The predicted molar refractivity (Wildman–Crippen MR) is 60.7 cm³/mol. The molecule has 2 nitrogen and oxygen atoms in total. The topological polar surface area (TPSA) is 38.9 Å². The molecule has 0 aromatic carbocycles. The van der Waals surface area contributed by atoms with Crippen molar-refractivity contribution in [2.24, 2.45) is 5.73 Å². The second kappa shape index (κ2) is 3.63. The van der Waals surface area contributed by atoms with E-state index < -0.39 is 0 Å². The first-order valence-electron chi connectivity index (χ1n) is 5.28. The third kappa shape index (κ3) is 2.34. The van der Waals surface area contributed by atoms with Crippen molar-refractivity contribution in [2.45, 2.75) is 51.0 Å². The maximum Gasteiger partial charge on any atom is 0.0946 e. The summed E-state index contributed by atoms with van der Waals surface area (Å²) in [5.41, 5.74) is 7.14. The van der Waals surface area contributed by atoms with Crippen molar-refractivity contribution >= 4 is 11.3 Å². The van der Waals surface area contributed by atoms with E-state index in [0.29, 0.717) is 0 Å². The molecule has 1 aromatic rings. The molecule has 0 bridgehead atoms. The molecule has 0 spiro atoms. The zero-order valence-electron chi connectivity index (χ0n) is 8.92. The van der Waals surface area contributed by atoms with Gasteiger partial charge in [0.05, 0.1) is 10.7 Å². The Morgan fingerprint density at radius 3 is 2.79 bits per heavy atom. The number of nitrogens with zero attached hydrogens (tertiary/aromatic N) is 1. The molecule has 2 rings (SSSR count). The molecule has 0 saturated heterocycles. The van der Waals surface area contributed by atoms with Crippen LogP contribution in [0.25, 0.3) is 0 Å². The Morgan fingerprint density at radius 1 is 1.57 bits per heavy atom. The third-order valence-corrected chi connectivity index (χ3v) is 3.57. The van der Waals surface area contributed by atoms with Crippen molar-refractivity contribution in [1.82, 2.24) is 4.98 Å². The minimum atomic E-state index is -0.130. The van der Waals surface area contributed by atoms with Gasteiger partial charge in [-0.3, -0.25) is 0 Å². The summed E-state index contributed by atoms with van der Waals surface area (Å²) in [6, 6.07) is 0. The molecular formula is C11H18N2S. The summed E-state index contributed by atoms with van der Waals surface area (Å²) in [4.78, 5) is 4.66. The molecule has 1 saturated carbocycles. The van der Waals surface area contributed by atoms with Gasteiger partial charge in [0, 0.05) is 23.3 Å². The van der Waals surface area contributed by atoms with Crippen LogP contribution in [0.15, 0.2) is 5.38 Å². The van der Waals surface area contributed by atoms with E-state index in [1.54, 1.807) is 11.3 Å². The molecule has 0 amide bonds. The Bertz CT molecular complexity index is 307. The van der Waals surface area contributed by atoms with Gasteiger partial charge in [0.2, 0.25) is 0 Å². The second-order valence-corrected chi connectivity index (χ2v) is 5.90. The molecule has 1 aliphatic carbocycles. The first-order valence-corrected chi connectivity index (χ1v) is 6.16. The summed E-state index contributed by atoms with van der Waals surface area (Å²) in [6.45, 7) is 4.11. The summed E-state index contributed by atoms with van der Waals surface area (Å²) in [5, 5.41) is 3.41. The molecule has 3 heteroatoms. The van der Waals surface area contributed by atoms with Gasteiger partial charge in [-0.1, -0.05) is 6.42 Å². The summed E-state index contributed by atoms with van der Waals surface area (Å²) < 4.78 is 0. The first-order chi connectivity index (χ1) is 6.54. The fourth-order valence-corrected chi connectivity index (χ4v) is 2.80.